The van der Waals surface area contributed by atoms with Gasteiger partial charge in [0.2, 0.25) is 5.89 Å². The molecule has 4 rings (SSSR count). The van der Waals surface area contributed by atoms with Crippen LogP contribution in [0.1, 0.15) is 54.1 Å². The summed E-state index contributed by atoms with van der Waals surface area (Å²) in [4.78, 5) is 12.4. The molecule has 0 bridgehead atoms. The summed E-state index contributed by atoms with van der Waals surface area (Å²) in [5, 5.41) is 10.7. The Morgan fingerprint density at radius 2 is 1.86 bits per heavy atom. The van der Waals surface area contributed by atoms with Gasteiger partial charge in [0, 0.05) is 11.1 Å². The molecule has 1 aromatic heterocycles. The summed E-state index contributed by atoms with van der Waals surface area (Å²) in [5.41, 5.74) is 4.13. The molecule has 0 spiro atoms. The monoisotopic (exact) mass is 391 g/mol. The van der Waals surface area contributed by atoms with Crippen LogP contribution in [0.15, 0.2) is 46.9 Å². The number of hydrogen-bond acceptors (Lipinski definition) is 5. The highest BCUT2D eigenvalue weighted by molar-refractivity contribution is 6.03. The van der Waals surface area contributed by atoms with Crippen molar-refractivity contribution in [3.8, 4) is 17.2 Å². The summed E-state index contributed by atoms with van der Waals surface area (Å²) in [6.07, 6.45) is 6.76. The van der Waals surface area contributed by atoms with Crippen molar-refractivity contribution >= 4 is 11.9 Å². The smallest absolute Gasteiger partial charge is 0.322 e. The number of nitrogens with zero attached hydrogens (tertiary/aromatic N) is 2. The molecular formula is C23H25N3O3. The first-order valence-electron chi connectivity index (χ1n) is 10.2. The van der Waals surface area contributed by atoms with Crippen molar-refractivity contribution in [2.75, 3.05) is 11.9 Å². The van der Waals surface area contributed by atoms with E-state index in [1.165, 1.54) is 24.0 Å². The van der Waals surface area contributed by atoms with Gasteiger partial charge in [0.1, 0.15) is 5.75 Å². The van der Waals surface area contributed by atoms with Gasteiger partial charge < -0.3 is 9.15 Å². The third-order valence-electron chi connectivity index (χ3n) is 5.12. The van der Waals surface area contributed by atoms with Gasteiger partial charge in [0.25, 0.3) is 5.91 Å². The molecule has 1 heterocycles. The number of rotatable bonds is 7. The minimum absolute atomic E-state index is 0.0889. The number of amides is 1. The molecule has 0 atom stereocenters. The molecule has 0 radical (unpaired) electrons. The molecule has 6 heteroatoms. The SMILES string of the molecule is CCCCOc1ccc(C(=O)Nc2nnc(-c3ccc4c(c3)CCCC4)o2)cc1. The van der Waals surface area contributed by atoms with Gasteiger partial charge in [0.15, 0.2) is 0 Å². The van der Waals surface area contributed by atoms with Crippen LogP contribution in [0.2, 0.25) is 0 Å². The lowest BCUT2D eigenvalue weighted by molar-refractivity contribution is 0.102. The maximum atomic E-state index is 12.4. The zero-order valence-electron chi connectivity index (χ0n) is 16.6. The second-order valence-electron chi connectivity index (χ2n) is 7.28. The van der Waals surface area contributed by atoms with E-state index in [1.807, 2.05) is 6.07 Å². The first-order valence-corrected chi connectivity index (χ1v) is 10.2. The highest BCUT2D eigenvalue weighted by Crippen LogP contribution is 2.27. The molecular weight excluding hydrogens is 366 g/mol. The van der Waals surface area contributed by atoms with Crippen LogP contribution in [0.25, 0.3) is 11.5 Å². The zero-order valence-corrected chi connectivity index (χ0v) is 16.6. The standard InChI is InChI=1S/C23H25N3O3/c1-2-3-14-28-20-12-10-17(11-13-20)21(27)24-23-26-25-22(29-23)19-9-8-16-6-4-5-7-18(16)15-19/h8-13,15H,2-7,14H2,1H3,(H,24,26,27). The number of aryl methyl sites for hydroxylation is 2. The lowest BCUT2D eigenvalue weighted by Crippen LogP contribution is -2.12. The molecule has 0 saturated heterocycles. The van der Waals surface area contributed by atoms with Crippen LogP contribution in [-0.4, -0.2) is 22.7 Å². The molecule has 2 aromatic carbocycles. The average molecular weight is 391 g/mol. The van der Waals surface area contributed by atoms with Crippen molar-refractivity contribution in [3.05, 3.63) is 59.2 Å². The lowest BCUT2D eigenvalue weighted by Gasteiger charge is -2.15. The number of carbonyl (C=O) groups is 1. The van der Waals surface area contributed by atoms with Crippen molar-refractivity contribution in [2.24, 2.45) is 0 Å². The van der Waals surface area contributed by atoms with E-state index in [9.17, 15) is 4.79 Å². The molecule has 0 aliphatic heterocycles. The third kappa shape index (κ3) is 4.65. The number of aromatic nitrogens is 2. The van der Waals surface area contributed by atoms with Gasteiger partial charge >= 0.3 is 6.01 Å². The molecule has 1 aliphatic carbocycles. The van der Waals surface area contributed by atoms with Gasteiger partial charge in [-0.2, -0.15) is 0 Å². The number of carbonyl (C=O) groups excluding carboxylic acids is 1. The number of anilines is 1. The van der Waals surface area contributed by atoms with Crippen molar-refractivity contribution in [2.45, 2.75) is 45.4 Å². The zero-order chi connectivity index (χ0) is 20.1. The molecule has 0 fully saturated rings. The van der Waals surface area contributed by atoms with Crippen LogP contribution in [0.4, 0.5) is 6.01 Å². The molecule has 1 amide bonds. The molecule has 29 heavy (non-hydrogen) atoms. The Hall–Kier alpha value is -3.15. The second kappa shape index (κ2) is 8.90. The third-order valence-corrected chi connectivity index (χ3v) is 5.12. The Balaban J connectivity index is 1.40. The normalized spacial score (nSPS) is 13.0. The van der Waals surface area contributed by atoms with E-state index in [1.54, 1.807) is 24.3 Å². The van der Waals surface area contributed by atoms with E-state index >= 15 is 0 Å². The maximum absolute atomic E-state index is 12.4. The Morgan fingerprint density at radius 3 is 2.66 bits per heavy atom. The van der Waals surface area contributed by atoms with Crippen LogP contribution in [0.3, 0.4) is 0 Å². The number of fused-ring (bicyclic) bond motifs is 1. The van der Waals surface area contributed by atoms with Crippen LogP contribution >= 0.6 is 0 Å². The second-order valence-corrected chi connectivity index (χ2v) is 7.28. The van der Waals surface area contributed by atoms with Crippen LogP contribution in [0, 0.1) is 0 Å². The van der Waals surface area contributed by atoms with E-state index in [0.29, 0.717) is 18.1 Å². The Labute approximate surface area is 170 Å². The van der Waals surface area contributed by atoms with E-state index < -0.39 is 0 Å². The first kappa shape index (κ1) is 19.2. The van der Waals surface area contributed by atoms with Gasteiger partial charge in [-0.25, -0.2) is 0 Å². The highest BCUT2D eigenvalue weighted by atomic mass is 16.5. The average Bonchev–Trinajstić information content (AvgIpc) is 3.22. The molecule has 0 saturated carbocycles. The Morgan fingerprint density at radius 1 is 1.07 bits per heavy atom. The van der Waals surface area contributed by atoms with Crippen molar-refractivity contribution in [1.29, 1.82) is 0 Å². The van der Waals surface area contributed by atoms with E-state index in [4.69, 9.17) is 9.15 Å². The summed E-state index contributed by atoms with van der Waals surface area (Å²) in [6.45, 7) is 2.79. The highest BCUT2D eigenvalue weighted by Gasteiger charge is 2.15. The van der Waals surface area contributed by atoms with Crippen LogP contribution in [-0.2, 0) is 12.8 Å². The van der Waals surface area contributed by atoms with Crippen LogP contribution in [0.5, 0.6) is 5.75 Å². The van der Waals surface area contributed by atoms with Crippen molar-refractivity contribution in [3.63, 3.8) is 0 Å². The number of ether oxygens (including phenoxy) is 1. The minimum Gasteiger partial charge on any atom is -0.494 e. The fraction of sp³-hybridized carbons (Fsp3) is 0.348. The summed E-state index contributed by atoms with van der Waals surface area (Å²) < 4.78 is 11.3. The van der Waals surface area contributed by atoms with Gasteiger partial charge in [-0.1, -0.05) is 24.5 Å². The van der Waals surface area contributed by atoms with Crippen molar-refractivity contribution in [1.82, 2.24) is 10.2 Å². The largest absolute Gasteiger partial charge is 0.494 e. The lowest BCUT2D eigenvalue weighted by atomic mass is 9.90. The first-order chi connectivity index (χ1) is 14.2. The molecule has 1 aliphatic rings. The molecule has 1 N–H and O–H groups in total. The number of nitrogens with one attached hydrogen (secondary N) is 1. The molecule has 150 valence electrons. The number of unbranched alkanes of at least 4 members (excludes halogenated alkanes) is 1. The predicted molar refractivity (Wildman–Crippen MR) is 111 cm³/mol. The predicted octanol–water partition coefficient (Wildman–Crippen LogP) is 5.05. The van der Waals surface area contributed by atoms with E-state index in [2.05, 4.69) is 34.6 Å². The van der Waals surface area contributed by atoms with Gasteiger partial charge in [-0.15, -0.1) is 5.10 Å². The summed E-state index contributed by atoms with van der Waals surface area (Å²) in [7, 11) is 0. The molecule has 3 aromatic rings. The molecule has 0 unspecified atom stereocenters. The Kier molecular flexibility index (Phi) is 5.89. The summed E-state index contributed by atoms with van der Waals surface area (Å²) in [6, 6.07) is 13.4. The fourth-order valence-electron chi connectivity index (χ4n) is 3.46. The van der Waals surface area contributed by atoms with Gasteiger partial charge in [0.05, 0.1) is 6.61 Å². The summed E-state index contributed by atoms with van der Waals surface area (Å²) in [5.74, 6) is 0.863. The fourth-order valence-corrected chi connectivity index (χ4v) is 3.46. The van der Waals surface area contributed by atoms with Gasteiger partial charge in [-0.05, 0) is 79.6 Å². The van der Waals surface area contributed by atoms with Crippen molar-refractivity contribution < 1.29 is 13.9 Å². The number of hydrogen-bond donors (Lipinski definition) is 1. The minimum atomic E-state index is -0.300. The topological polar surface area (TPSA) is 77.2 Å². The summed E-state index contributed by atoms with van der Waals surface area (Å²) >= 11 is 0. The maximum Gasteiger partial charge on any atom is 0.322 e. The van der Waals surface area contributed by atoms with E-state index in [-0.39, 0.29) is 11.9 Å². The Bertz CT molecular complexity index is 979. The van der Waals surface area contributed by atoms with Gasteiger partial charge in [-0.3, -0.25) is 10.1 Å². The number of benzene rings is 2. The molecule has 6 nitrogen and oxygen atoms in total. The quantitative estimate of drug-likeness (QED) is 0.571. The van der Waals surface area contributed by atoms with Crippen LogP contribution < -0.4 is 10.1 Å². The van der Waals surface area contributed by atoms with E-state index in [0.717, 1.165) is 37.0 Å².